The van der Waals surface area contributed by atoms with Gasteiger partial charge in [-0.2, -0.15) is 5.26 Å². The molecule has 0 aliphatic carbocycles. The molecule has 14 heavy (non-hydrogen) atoms. The van der Waals surface area contributed by atoms with E-state index in [2.05, 4.69) is 15.9 Å². The fourth-order valence-corrected chi connectivity index (χ4v) is 1.42. The van der Waals surface area contributed by atoms with Gasteiger partial charge in [0.1, 0.15) is 6.07 Å². The fraction of sp³-hybridized carbons (Fsp3) is 0.200. The van der Waals surface area contributed by atoms with Gasteiger partial charge in [-0.1, -0.05) is 28.1 Å². The molecule has 0 N–H and O–H groups in total. The standard InChI is InChI=1S/C10H8BrNO2/c1-7(13)14-10(6-12)8-3-2-4-9(11)5-8/h2-5,10H,1H3. The van der Waals surface area contributed by atoms with Gasteiger partial charge in [0.25, 0.3) is 0 Å². The van der Waals surface area contributed by atoms with Gasteiger partial charge in [0.15, 0.2) is 0 Å². The summed E-state index contributed by atoms with van der Waals surface area (Å²) in [6.45, 7) is 1.28. The molecule has 0 fully saturated rings. The Balaban J connectivity index is 2.90. The van der Waals surface area contributed by atoms with E-state index in [-0.39, 0.29) is 0 Å². The van der Waals surface area contributed by atoms with Crippen LogP contribution in [-0.4, -0.2) is 5.97 Å². The number of halogens is 1. The summed E-state index contributed by atoms with van der Waals surface area (Å²) in [6.07, 6.45) is -0.829. The second kappa shape index (κ2) is 4.77. The Hall–Kier alpha value is -1.34. The molecule has 1 aromatic carbocycles. The number of ether oxygens (including phenoxy) is 1. The van der Waals surface area contributed by atoms with Gasteiger partial charge in [0.2, 0.25) is 6.10 Å². The molecule has 0 radical (unpaired) electrons. The van der Waals surface area contributed by atoms with E-state index in [1.165, 1.54) is 6.92 Å². The maximum absolute atomic E-state index is 10.7. The van der Waals surface area contributed by atoms with Crippen molar-refractivity contribution in [2.24, 2.45) is 0 Å². The van der Waals surface area contributed by atoms with Crippen molar-refractivity contribution >= 4 is 21.9 Å². The van der Waals surface area contributed by atoms with Gasteiger partial charge in [0, 0.05) is 17.0 Å². The van der Waals surface area contributed by atoms with Crippen LogP contribution in [-0.2, 0) is 9.53 Å². The number of hydrogen-bond donors (Lipinski definition) is 0. The molecule has 72 valence electrons. The topological polar surface area (TPSA) is 50.1 Å². The number of carbonyl (C=O) groups excluding carboxylic acids is 1. The van der Waals surface area contributed by atoms with Crippen molar-refractivity contribution in [3.63, 3.8) is 0 Å². The van der Waals surface area contributed by atoms with Gasteiger partial charge < -0.3 is 4.74 Å². The summed E-state index contributed by atoms with van der Waals surface area (Å²) in [5, 5.41) is 8.78. The van der Waals surface area contributed by atoms with Crippen LogP contribution in [0.5, 0.6) is 0 Å². The van der Waals surface area contributed by atoms with E-state index in [0.29, 0.717) is 5.56 Å². The number of hydrogen-bond acceptors (Lipinski definition) is 3. The highest BCUT2D eigenvalue weighted by Crippen LogP contribution is 2.20. The number of benzene rings is 1. The molecule has 0 amide bonds. The van der Waals surface area contributed by atoms with Crippen molar-refractivity contribution in [3.05, 3.63) is 34.3 Å². The van der Waals surface area contributed by atoms with Crippen LogP contribution in [0.2, 0.25) is 0 Å². The van der Waals surface area contributed by atoms with Crippen LogP contribution in [0.25, 0.3) is 0 Å². The van der Waals surface area contributed by atoms with E-state index >= 15 is 0 Å². The third kappa shape index (κ3) is 2.86. The van der Waals surface area contributed by atoms with Crippen LogP contribution < -0.4 is 0 Å². The number of nitrogens with zero attached hydrogens (tertiary/aromatic N) is 1. The van der Waals surface area contributed by atoms with Crippen LogP contribution in [0.15, 0.2) is 28.7 Å². The third-order valence-corrected chi connectivity index (χ3v) is 2.05. The first kappa shape index (κ1) is 10.7. The maximum atomic E-state index is 10.7. The van der Waals surface area contributed by atoms with E-state index in [1.807, 2.05) is 12.1 Å². The van der Waals surface area contributed by atoms with E-state index in [0.717, 1.165) is 4.47 Å². The molecule has 0 aliphatic rings. The van der Waals surface area contributed by atoms with Crippen molar-refractivity contribution in [3.8, 4) is 6.07 Å². The quantitative estimate of drug-likeness (QED) is 0.762. The Morgan fingerprint density at radius 2 is 2.36 bits per heavy atom. The minimum atomic E-state index is -0.829. The lowest BCUT2D eigenvalue weighted by molar-refractivity contribution is -0.144. The SMILES string of the molecule is CC(=O)OC(C#N)c1cccc(Br)c1. The lowest BCUT2D eigenvalue weighted by Crippen LogP contribution is -2.06. The maximum Gasteiger partial charge on any atom is 0.304 e. The van der Waals surface area contributed by atoms with Crippen molar-refractivity contribution in [2.75, 3.05) is 0 Å². The summed E-state index contributed by atoms with van der Waals surface area (Å²) in [6, 6.07) is 9.02. The lowest BCUT2D eigenvalue weighted by atomic mass is 10.1. The van der Waals surface area contributed by atoms with Gasteiger partial charge >= 0.3 is 5.97 Å². The zero-order chi connectivity index (χ0) is 10.6. The van der Waals surface area contributed by atoms with Crippen LogP contribution in [0.3, 0.4) is 0 Å². The van der Waals surface area contributed by atoms with E-state index in [1.54, 1.807) is 18.2 Å². The number of rotatable bonds is 2. The average Bonchev–Trinajstić information content (AvgIpc) is 2.14. The van der Waals surface area contributed by atoms with Gasteiger partial charge in [-0.05, 0) is 12.1 Å². The van der Waals surface area contributed by atoms with Gasteiger partial charge in [-0.25, -0.2) is 0 Å². The molecule has 0 bridgehead atoms. The van der Waals surface area contributed by atoms with Crippen LogP contribution in [0.1, 0.15) is 18.6 Å². The van der Waals surface area contributed by atoms with Crippen LogP contribution >= 0.6 is 15.9 Å². The second-order valence-corrected chi connectivity index (χ2v) is 3.59. The molecule has 0 saturated heterocycles. The number of carbonyl (C=O) groups is 1. The summed E-state index contributed by atoms with van der Waals surface area (Å²) in [5.74, 6) is -0.462. The predicted octanol–water partition coefficient (Wildman–Crippen LogP) is 2.58. The lowest BCUT2D eigenvalue weighted by Gasteiger charge is -2.09. The number of nitriles is 1. The third-order valence-electron chi connectivity index (χ3n) is 1.55. The van der Waals surface area contributed by atoms with Crippen molar-refractivity contribution < 1.29 is 9.53 Å². The monoisotopic (exact) mass is 253 g/mol. The van der Waals surface area contributed by atoms with Gasteiger partial charge in [0.05, 0.1) is 0 Å². The first-order chi connectivity index (χ1) is 6.63. The summed E-state index contributed by atoms with van der Waals surface area (Å²) < 4.78 is 5.67. The highest BCUT2D eigenvalue weighted by atomic mass is 79.9. The van der Waals surface area contributed by atoms with Crippen molar-refractivity contribution in [1.82, 2.24) is 0 Å². The number of esters is 1. The molecule has 0 aliphatic heterocycles. The first-order valence-electron chi connectivity index (χ1n) is 3.96. The van der Waals surface area contributed by atoms with E-state index < -0.39 is 12.1 Å². The second-order valence-electron chi connectivity index (χ2n) is 2.67. The molecule has 1 rings (SSSR count). The molecular formula is C10H8BrNO2. The Bertz CT molecular complexity index is 384. The molecule has 0 spiro atoms. The summed E-state index contributed by atoms with van der Waals surface area (Å²) >= 11 is 3.28. The highest BCUT2D eigenvalue weighted by Gasteiger charge is 2.13. The van der Waals surface area contributed by atoms with Gasteiger partial charge in [-0.3, -0.25) is 4.79 Å². The summed E-state index contributed by atoms with van der Waals surface area (Å²) in [5.41, 5.74) is 0.664. The highest BCUT2D eigenvalue weighted by molar-refractivity contribution is 9.10. The normalized spacial score (nSPS) is 11.5. The van der Waals surface area contributed by atoms with E-state index in [9.17, 15) is 4.79 Å². The predicted molar refractivity (Wildman–Crippen MR) is 54.3 cm³/mol. The molecule has 0 aromatic heterocycles. The Morgan fingerprint density at radius 3 is 2.86 bits per heavy atom. The fourth-order valence-electron chi connectivity index (χ4n) is 1.00. The minimum Gasteiger partial charge on any atom is -0.442 e. The molecule has 1 aromatic rings. The minimum absolute atomic E-state index is 0.462. The average molecular weight is 254 g/mol. The van der Waals surface area contributed by atoms with Gasteiger partial charge in [-0.15, -0.1) is 0 Å². The molecule has 1 unspecified atom stereocenters. The largest absolute Gasteiger partial charge is 0.442 e. The Morgan fingerprint density at radius 1 is 1.64 bits per heavy atom. The van der Waals surface area contributed by atoms with Crippen LogP contribution in [0, 0.1) is 11.3 Å². The van der Waals surface area contributed by atoms with Crippen LogP contribution in [0.4, 0.5) is 0 Å². The van der Waals surface area contributed by atoms with E-state index in [4.69, 9.17) is 10.00 Å². The first-order valence-corrected chi connectivity index (χ1v) is 4.75. The zero-order valence-electron chi connectivity index (χ0n) is 7.53. The van der Waals surface area contributed by atoms with Crippen molar-refractivity contribution in [1.29, 1.82) is 5.26 Å². The summed E-state index contributed by atoms with van der Waals surface area (Å²) in [4.78, 5) is 10.7. The molecule has 3 nitrogen and oxygen atoms in total. The Labute approximate surface area is 90.4 Å². The zero-order valence-corrected chi connectivity index (χ0v) is 9.11. The smallest absolute Gasteiger partial charge is 0.304 e. The molecule has 1 atom stereocenters. The molecule has 0 heterocycles. The summed E-state index contributed by atoms with van der Waals surface area (Å²) in [7, 11) is 0. The van der Waals surface area contributed by atoms with Crippen molar-refractivity contribution in [2.45, 2.75) is 13.0 Å². The molecular weight excluding hydrogens is 246 g/mol. The Kier molecular flexibility index (Phi) is 3.66. The molecule has 0 saturated carbocycles. The molecule has 4 heteroatoms.